The molecule has 7 heteroatoms. The summed E-state index contributed by atoms with van der Waals surface area (Å²) in [7, 11) is 0. The molecule has 5 nitrogen and oxygen atoms in total. The van der Waals surface area contributed by atoms with Crippen molar-refractivity contribution in [2.24, 2.45) is 10.4 Å². The molecule has 3 N–H and O–H groups in total. The number of hydrogen-bond acceptors (Lipinski definition) is 3. The molecule has 2 atom stereocenters. The van der Waals surface area contributed by atoms with Crippen molar-refractivity contribution in [2.45, 2.75) is 58.2 Å². The maximum absolute atomic E-state index is 11.8. The van der Waals surface area contributed by atoms with E-state index < -0.39 is 0 Å². The third-order valence-corrected chi connectivity index (χ3v) is 4.85. The second-order valence-electron chi connectivity index (χ2n) is 6.78. The minimum absolute atomic E-state index is 0. The van der Waals surface area contributed by atoms with E-state index in [2.05, 4.69) is 34.1 Å². The normalized spacial score (nSPS) is 21.5. The Morgan fingerprint density at radius 2 is 1.96 bits per heavy atom. The fourth-order valence-corrected chi connectivity index (χ4v) is 3.20. The topological polar surface area (TPSA) is 65.5 Å². The summed E-state index contributed by atoms with van der Waals surface area (Å²) in [5, 5.41) is 10.5. The first-order chi connectivity index (χ1) is 10.4. The molecule has 1 aliphatic carbocycles. The molecular weight excluding hydrogens is 423 g/mol. The second-order valence-corrected chi connectivity index (χ2v) is 7.92. The molecule has 0 aromatic rings. The standard InChI is InChI=1S/C16H32N4OS.HI/c1-6-17-15(20-12-7-8-13(11-12)22-5)19-10-9-18-14(21)16(2,3)4;/h12-13H,6-11H2,1-5H3,(H,18,21)(H2,17,19,20);1H. The number of nitrogens with zero attached hydrogens (tertiary/aromatic N) is 1. The van der Waals surface area contributed by atoms with Crippen LogP contribution in [0.15, 0.2) is 4.99 Å². The second kappa shape index (κ2) is 11.4. The highest BCUT2D eigenvalue weighted by atomic mass is 127. The fourth-order valence-electron chi connectivity index (χ4n) is 2.40. The molecule has 0 heterocycles. The summed E-state index contributed by atoms with van der Waals surface area (Å²) in [6.45, 7) is 9.83. The van der Waals surface area contributed by atoms with Gasteiger partial charge in [0, 0.05) is 29.8 Å². The molecule has 0 saturated heterocycles. The minimum Gasteiger partial charge on any atom is -0.357 e. The molecule has 1 amide bonds. The van der Waals surface area contributed by atoms with Crippen molar-refractivity contribution in [3.63, 3.8) is 0 Å². The third kappa shape index (κ3) is 9.02. The van der Waals surface area contributed by atoms with E-state index in [9.17, 15) is 4.79 Å². The predicted molar refractivity (Wildman–Crippen MR) is 112 cm³/mol. The number of carbonyl (C=O) groups excluding carboxylic acids is 1. The van der Waals surface area contributed by atoms with Gasteiger partial charge in [-0.15, -0.1) is 24.0 Å². The van der Waals surface area contributed by atoms with Crippen LogP contribution in [0.4, 0.5) is 0 Å². The van der Waals surface area contributed by atoms with Gasteiger partial charge in [0.15, 0.2) is 5.96 Å². The van der Waals surface area contributed by atoms with Crippen LogP contribution in [0.3, 0.4) is 0 Å². The lowest BCUT2D eigenvalue weighted by molar-refractivity contribution is -0.128. The van der Waals surface area contributed by atoms with E-state index >= 15 is 0 Å². The Kier molecular flexibility index (Phi) is 11.3. The highest BCUT2D eigenvalue weighted by Gasteiger charge is 2.24. The summed E-state index contributed by atoms with van der Waals surface area (Å²) in [4.78, 5) is 16.3. The Bertz CT molecular complexity index is 385. The van der Waals surface area contributed by atoms with Crippen LogP contribution in [-0.4, -0.2) is 49.0 Å². The zero-order valence-electron chi connectivity index (χ0n) is 15.1. The summed E-state index contributed by atoms with van der Waals surface area (Å²) in [6, 6.07) is 0.513. The Balaban J connectivity index is 0.00000484. The van der Waals surface area contributed by atoms with Crippen LogP contribution >= 0.6 is 35.7 Å². The van der Waals surface area contributed by atoms with Gasteiger partial charge in [-0.2, -0.15) is 11.8 Å². The average Bonchev–Trinajstić information content (AvgIpc) is 2.90. The van der Waals surface area contributed by atoms with Crippen LogP contribution in [0.1, 0.15) is 47.0 Å². The van der Waals surface area contributed by atoms with Gasteiger partial charge in [-0.3, -0.25) is 9.79 Å². The Hall–Kier alpha value is -0.180. The monoisotopic (exact) mass is 456 g/mol. The van der Waals surface area contributed by atoms with Crippen LogP contribution < -0.4 is 16.0 Å². The number of guanidine groups is 1. The zero-order chi connectivity index (χ0) is 16.6. The van der Waals surface area contributed by atoms with Crippen molar-refractivity contribution in [3.8, 4) is 0 Å². The zero-order valence-corrected chi connectivity index (χ0v) is 18.2. The van der Waals surface area contributed by atoms with E-state index in [0.717, 1.165) is 17.8 Å². The molecule has 1 aliphatic rings. The van der Waals surface area contributed by atoms with Crippen LogP contribution in [0.25, 0.3) is 0 Å². The Labute approximate surface area is 162 Å². The van der Waals surface area contributed by atoms with E-state index in [1.807, 2.05) is 32.5 Å². The average molecular weight is 456 g/mol. The van der Waals surface area contributed by atoms with Crippen molar-refractivity contribution < 1.29 is 4.79 Å². The molecule has 2 unspecified atom stereocenters. The molecule has 0 radical (unpaired) electrons. The molecule has 0 aromatic carbocycles. The van der Waals surface area contributed by atoms with Crippen LogP contribution in [0.2, 0.25) is 0 Å². The van der Waals surface area contributed by atoms with E-state index in [1.54, 1.807) is 0 Å². The van der Waals surface area contributed by atoms with E-state index in [0.29, 0.717) is 19.1 Å². The molecule has 0 aromatic heterocycles. The van der Waals surface area contributed by atoms with Crippen LogP contribution in [0.5, 0.6) is 0 Å². The molecule has 23 heavy (non-hydrogen) atoms. The molecule has 0 spiro atoms. The lowest BCUT2D eigenvalue weighted by Crippen LogP contribution is -2.43. The Morgan fingerprint density at radius 1 is 1.26 bits per heavy atom. The molecule has 0 bridgehead atoms. The van der Waals surface area contributed by atoms with Gasteiger partial charge >= 0.3 is 0 Å². The highest BCUT2D eigenvalue weighted by molar-refractivity contribution is 14.0. The molecule has 1 rings (SSSR count). The molecule has 1 fully saturated rings. The smallest absolute Gasteiger partial charge is 0.225 e. The maximum Gasteiger partial charge on any atom is 0.225 e. The lowest BCUT2D eigenvalue weighted by Gasteiger charge is -2.18. The van der Waals surface area contributed by atoms with E-state index in [1.165, 1.54) is 19.3 Å². The van der Waals surface area contributed by atoms with Crippen LogP contribution in [0, 0.1) is 5.41 Å². The number of amides is 1. The number of rotatable bonds is 6. The van der Waals surface area contributed by atoms with Gasteiger partial charge in [-0.25, -0.2) is 0 Å². The van der Waals surface area contributed by atoms with Gasteiger partial charge in [0.1, 0.15) is 0 Å². The lowest BCUT2D eigenvalue weighted by atomic mass is 9.96. The van der Waals surface area contributed by atoms with Crippen molar-refractivity contribution in [1.82, 2.24) is 16.0 Å². The first-order valence-electron chi connectivity index (χ1n) is 8.22. The van der Waals surface area contributed by atoms with Crippen molar-refractivity contribution in [2.75, 3.05) is 25.9 Å². The predicted octanol–water partition coefficient (Wildman–Crippen LogP) is 2.61. The van der Waals surface area contributed by atoms with Gasteiger partial charge in [-0.05, 0) is 32.4 Å². The highest BCUT2D eigenvalue weighted by Crippen LogP contribution is 2.27. The van der Waals surface area contributed by atoms with Crippen LogP contribution in [-0.2, 0) is 4.79 Å². The summed E-state index contributed by atoms with van der Waals surface area (Å²) >= 11 is 1.96. The van der Waals surface area contributed by atoms with Gasteiger partial charge < -0.3 is 16.0 Å². The summed E-state index contributed by atoms with van der Waals surface area (Å²) in [5.41, 5.74) is -0.344. The van der Waals surface area contributed by atoms with Crippen molar-refractivity contribution >= 4 is 47.6 Å². The number of thioether (sulfide) groups is 1. The maximum atomic E-state index is 11.8. The third-order valence-electron chi connectivity index (χ3n) is 3.75. The minimum atomic E-state index is -0.344. The number of nitrogens with one attached hydrogen (secondary N) is 3. The molecule has 1 saturated carbocycles. The number of hydrogen-bond donors (Lipinski definition) is 3. The SMILES string of the molecule is CCNC(=NCCNC(=O)C(C)(C)C)NC1CCC(SC)C1.I. The first kappa shape index (κ1) is 22.8. The largest absolute Gasteiger partial charge is 0.357 e. The van der Waals surface area contributed by atoms with Gasteiger partial charge in [0.05, 0.1) is 6.54 Å². The Morgan fingerprint density at radius 3 is 2.48 bits per heavy atom. The molecule has 136 valence electrons. The summed E-state index contributed by atoms with van der Waals surface area (Å²) in [5.74, 6) is 0.929. The summed E-state index contributed by atoms with van der Waals surface area (Å²) < 4.78 is 0. The number of aliphatic imine (C=N–C) groups is 1. The number of carbonyl (C=O) groups is 1. The van der Waals surface area contributed by atoms with Crippen molar-refractivity contribution in [1.29, 1.82) is 0 Å². The first-order valence-corrected chi connectivity index (χ1v) is 9.51. The summed E-state index contributed by atoms with van der Waals surface area (Å²) in [6.07, 6.45) is 5.87. The van der Waals surface area contributed by atoms with Gasteiger partial charge in [0.25, 0.3) is 0 Å². The quantitative estimate of drug-likeness (QED) is 0.249. The molecule has 0 aliphatic heterocycles. The fraction of sp³-hybridized carbons (Fsp3) is 0.875. The van der Waals surface area contributed by atoms with Crippen molar-refractivity contribution in [3.05, 3.63) is 0 Å². The number of halogens is 1. The van der Waals surface area contributed by atoms with E-state index in [-0.39, 0.29) is 35.3 Å². The van der Waals surface area contributed by atoms with Gasteiger partial charge in [0.2, 0.25) is 5.91 Å². The van der Waals surface area contributed by atoms with Gasteiger partial charge in [-0.1, -0.05) is 20.8 Å². The van der Waals surface area contributed by atoms with E-state index in [4.69, 9.17) is 0 Å². The molecular formula is C16H33IN4OS.